The van der Waals surface area contributed by atoms with Crippen LogP contribution < -0.4 is 20.3 Å². The van der Waals surface area contributed by atoms with Crippen molar-refractivity contribution in [2.75, 3.05) is 13.2 Å². The molecule has 0 saturated carbocycles. The van der Waals surface area contributed by atoms with E-state index in [1.54, 1.807) is 0 Å². The predicted octanol–water partition coefficient (Wildman–Crippen LogP) is 5.38. The molecule has 6 heteroatoms. The van der Waals surface area contributed by atoms with Crippen molar-refractivity contribution in [3.05, 3.63) is 83.9 Å². The summed E-state index contributed by atoms with van der Waals surface area (Å²) < 4.78 is 11.6. The average Bonchev–Trinajstić information content (AvgIpc) is 2.86. The standard InChI is InChI=1S/C29H34N2O4/c1-21-15-16-22(2)26(19-21)34-18-10-17-29(3,4)28(33)31-30-27(32)20-35-25-14-9-8-13-24(25)23-11-6-5-7-12-23/h5-9,11-16,19H,10,17-18,20H2,1-4H3,(H,30,32)(H,31,33). The van der Waals surface area contributed by atoms with Gasteiger partial charge in [-0.15, -0.1) is 0 Å². The molecule has 3 rings (SSSR count). The van der Waals surface area contributed by atoms with Gasteiger partial charge >= 0.3 is 0 Å². The van der Waals surface area contributed by atoms with Gasteiger partial charge in [-0.25, -0.2) is 0 Å². The molecule has 0 spiro atoms. The van der Waals surface area contributed by atoms with Crippen LogP contribution in [0, 0.1) is 19.3 Å². The quantitative estimate of drug-likeness (QED) is 0.305. The molecule has 0 aromatic heterocycles. The molecule has 2 N–H and O–H groups in total. The number of aryl methyl sites for hydroxylation is 2. The molecule has 0 aliphatic carbocycles. The van der Waals surface area contributed by atoms with Crippen LogP contribution in [-0.4, -0.2) is 25.0 Å². The van der Waals surface area contributed by atoms with Crippen molar-refractivity contribution < 1.29 is 19.1 Å². The highest BCUT2D eigenvalue weighted by Gasteiger charge is 2.27. The number of carbonyl (C=O) groups excluding carboxylic acids is 2. The number of ether oxygens (including phenoxy) is 2. The van der Waals surface area contributed by atoms with E-state index < -0.39 is 11.3 Å². The molecule has 6 nitrogen and oxygen atoms in total. The molecular weight excluding hydrogens is 440 g/mol. The van der Waals surface area contributed by atoms with E-state index in [1.165, 1.54) is 0 Å². The summed E-state index contributed by atoms with van der Waals surface area (Å²) in [7, 11) is 0. The van der Waals surface area contributed by atoms with Gasteiger partial charge in [0.2, 0.25) is 5.91 Å². The smallest absolute Gasteiger partial charge is 0.276 e. The fraction of sp³-hybridized carbons (Fsp3) is 0.310. The van der Waals surface area contributed by atoms with Gasteiger partial charge < -0.3 is 9.47 Å². The maximum absolute atomic E-state index is 12.6. The first-order chi connectivity index (χ1) is 16.8. The predicted molar refractivity (Wildman–Crippen MR) is 138 cm³/mol. The molecule has 3 aromatic rings. The first-order valence-corrected chi connectivity index (χ1v) is 11.8. The topological polar surface area (TPSA) is 76.7 Å². The van der Waals surface area contributed by atoms with E-state index >= 15 is 0 Å². The molecule has 0 aliphatic heterocycles. The minimum absolute atomic E-state index is 0.214. The lowest BCUT2D eigenvalue weighted by molar-refractivity contribution is -0.135. The van der Waals surface area contributed by atoms with Gasteiger partial charge in [-0.1, -0.05) is 74.5 Å². The molecule has 0 atom stereocenters. The summed E-state index contributed by atoms with van der Waals surface area (Å²) >= 11 is 0. The van der Waals surface area contributed by atoms with Crippen molar-refractivity contribution in [1.82, 2.24) is 10.9 Å². The lowest BCUT2D eigenvalue weighted by Gasteiger charge is -2.23. The minimum atomic E-state index is -0.668. The number of hydrogen-bond acceptors (Lipinski definition) is 4. The van der Waals surface area contributed by atoms with E-state index in [0.717, 1.165) is 28.0 Å². The monoisotopic (exact) mass is 474 g/mol. The third-order valence-electron chi connectivity index (χ3n) is 5.81. The van der Waals surface area contributed by atoms with Crippen molar-refractivity contribution in [1.29, 1.82) is 0 Å². The Morgan fingerprint density at radius 2 is 1.54 bits per heavy atom. The molecule has 35 heavy (non-hydrogen) atoms. The molecule has 3 aromatic carbocycles. The molecule has 0 saturated heterocycles. The third-order valence-corrected chi connectivity index (χ3v) is 5.81. The van der Waals surface area contributed by atoms with Gasteiger partial charge in [-0.05, 0) is 55.5 Å². The van der Waals surface area contributed by atoms with Gasteiger partial charge in [0.25, 0.3) is 5.91 Å². The molecule has 0 aliphatic rings. The van der Waals surface area contributed by atoms with E-state index in [1.807, 2.05) is 94.4 Å². The molecule has 184 valence electrons. The van der Waals surface area contributed by atoms with Gasteiger partial charge in [-0.2, -0.15) is 0 Å². The second-order valence-corrected chi connectivity index (χ2v) is 9.26. The fourth-order valence-corrected chi connectivity index (χ4v) is 3.60. The average molecular weight is 475 g/mol. The highest BCUT2D eigenvalue weighted by atomic mass is 16.5. The van der Waals surface area contributed by atoms with E-state index in [2.05, 4.69) is 16.9 Å². The number of nitrogens with one attached hydrogen (secondary N) is 2. The summed E-state index contributed by atoms with van der Waals surface area (Å²) in [4.78, 5) is 24.9. The minimum Gasteiger partial charge on any atom is -0.493 e. The van der Waals surface area contributed by atoms with Crippen LogP contribution in [0.4, 0.5) is 0 Å². The zero-order valence-electron chi connectivity index (χ0n) is 20.9. The summed E-state index contributed by atoms with van der Waals surface area (Å²) in [5.41, 5.74) is 8.44. The summed E-state index contributed by atoms with van der Waals surface area (Å²) in [6.45, 7) is 8.04. The molecule has 0 bridgehead atoms. The van der Waals surface area contributed by atoms with Crippen LogP contribution in [-0.2, 0) is 9.59 Å². The molecule has 0 radical (unpaired) electrons. The first kappa shape index (κ1) is 25.8. The zero-order valence-corrected chi connectivity index (χ0v) is 20.9. The van der Waals surface area contributed by atoms with Gasteiger partial charge in [0.1, 0.15) is 11.5 Å². The van der Waals surface area contributed by atoms with Gasteiger partial charge in [0.15, 0.2) is 6.61 Å². The first-order valence-electron chi connectivity index (χ1n) is 11.8. The third kappa shape index (κ3) is 7.60. The van der Waals surface area contributed by atoms with Crippen molar-refractivity contribution >= 4 is 11.8 Å². The molecule has 0 heterocycles. The van der Waals surface area contributed by atoms with Crippen molar-refractivity contribution in [3.8, 4) is 22.6 Å². The van der Waals surface area contributed by atoms with Crippen LogP contribution in [0.3, 0.4) is 0 Å². The Bertz CT molecular complexity index is 1140. The largest absolute Gasteiger partial charge is 0.493 e. The Morgan fingerprint density at radius 3 is 2.31 bits per heavy atom. The normalized spacial score (nSPS) is 11.0. The molecule has 0 unspecified atom stereocenters. The highest BCUT2D eigenvalue weighted by molar-refractivity contribution is 5.85. The number of hydrazine groups is 1. The van der Waals surface area contributed by atoms with E-state index in [4.69, 9.17) is 9.47 Å². The Balaban J connectivity index is 1.42. The lowest BCUT2D eigenvalue weighted by Crippen LogP contribution is -2.49. The van der Waals surface area contributed by atoms with Crippen molar-refractivity contribution in [2.45, 2.75) is 40.5 Å². The van der Waals surface area contributed by atoms with E-state index in [0.29, 0.717) is 25.2 Å². The van der Waals surface area contributed by atoms with Crippen LogP contribution in [0.25, 0.3) is 11.1 Å². The maximum Gasteiger partial charge on any atom is 0.276 e. The number of benzene rings is 3. The molecular formula is C29H34N2O4. The molecule has 2 amide bonds. The summed E-state index contributed by atoms with van der Waals surface area (Å²) in [5, 5.41) is 0. The van der Waals surface area contributed by atoms with Crippen LogP contribution in [0.5, 0.6) is 11.5 Å². The summed E-state index contributed by atoms with van der Waals surface area (Å²) in [5.74, 6) is 0.773. The maximum atomic E-state index is 12.6. The second kappa shape index (κ2) is 12.1. The second-order valence-electron chi connectivity index (χ2n) is 9.26. The number of para-hydroxylation sites is 1. The van der Waals surface area contributed by atoms with Gasteiger partial charge in [-0.3, -0.25) is 20.4 Å². The Kier molecular flexibility index (Phi) is 8.90. The Labute approximate surface area is 207 Å². The SMILES string of the molecule is Cc1ccc(C)c(OCCCC(C)(C)C(=O)NNC(=O)COc2ccccc2-c2ccccc2)c1. The van der Waals surface area contributed by atoms with E-state index in [9.17, 15) is 9.59 Å². The summed E-state index contributed by atoms with van der Waals surface area (Å²) in [6, 6.07) is 23.5. The lowest BCUT2D eigenvalue weighted by atomic mass is 9.87. The Morgan fingerprint density at radius 1 is 0.829 bits per heavy atom. The molecule has 0 fully saturated rings. The van der Waals surface area contributed by atoms with Gasteiger partial charge in [0, 0.05) is 11.0 Å². The highest BCUT2D eigenvalue weighted by Crippen LogP contribution is 2.29. The van der Waals surface area contributed by atoms with Crippen molar-refractivity contribution in [2.24, 2.45) is 5.41 Å². The zero-order chi connectivity index (χ0) is 25.3. The van der Waals surface area contributed by atoms with Crippen molar-refractivity contribution in [3.63, 3.8) is 0 Å². The van der Waals surface area contributed by atoms with Crippen LogP contribution >= 0.6 is 0 Å². The van der Waals surface area contributed by atoms with Gasteiger partial charge in [0.05, 0.1) is 6.61 Å². The number of carbonyl (C=O) groups is 2. The van der Waals surface area contributed by atoms with E-state index in [-0.39, 0.29) is 12.5 Å². The Hall–Kier alpha value is -3.80. The number of rotatable bonds is 10. The van der Waals surface area contributed by atoms with Crippen LogP contribution in [0.15, 0.2) is 72.8 Å². The fourth-order valence-electron chi connectivity index (χ4n) is 3.60. The van der Waals surface area contributed by atoms with Crippen LogP contribution in [0.1, 0.15) is 37.8 Å². The van der Waals surface area contributed by atoms with Crippen LogP contribution in [0.2, 0.25) is 0 Å². The summed E-state index contributed by atoms with van der Waals surface area (Å²) in [6.07, 6.45) is 1.32. The number of amides is 2. The number of hydrogen-bond donors (Lipinski definition) is 2.